The monoisotopic (exact) mass is 771 g/mol. The highest BCUT2D eigenvalue weighted by Gasteiger charge is 2.39. The van der Waals surface area contributed by atoms with Crippen molar-refractivity contribution < 1.29 is 34.0 Å². The summed E-state index contributed by atoms with van der Waals surface area (Å²) in [6.07, 6.45) is -1.54. The Morgan fingerprint density at radius 3 is 2.11 bits per heavy atom. The van der Waals surface area contributed by atoms with Gasteiger partial charge in [0.05, 0.1) is 32.0 Å². The van der Waals surface area contributed by atoms with Crippen molar-refractivity contribution in [2.75, 3.05) is 20.7 Å². The largest absolute Gasteiger partial charge is 0.467 e. The molecule has 5 aromatic rings. The summed E-state index contributed by atoms with van der Waals surface area (Å²) in [6.45, 7) is 4.92. The van der Waals surface area contributed by atoms with E-state index in [1.54, 1.807) is 0 Å². The first-order chi connectivity index (χ1) is 27.6. The Morgan fingerprint density at radius 2 is 1.44 bits per heavy atom. The average Bonchev–Trinajstić information content (AvgIpc) is 3.26. The fourth-order valence-corrected chi connectivity index (χ4v) is 7.29. The van der Waals surface area contributed by atoms with Gasteiger partial charge in [-0.2, -0.15) is 0 Å². The number of carbonyl (C=O) groups excluding carboxylic acids is 2. The fourth-order valence-electron chi connectivity index (χ4n) is 7.29. The van der Waals surface area contributed by atoms with Crippen LogP contribution in [0.2, 0.25) is 0 Å². The second kappa shape index (κ2) is 19.7. The van der Waals surface area contributed by atoms with E-state index in [9.17, 15) is 19.8 Å². The lowest BCUT2D eigenvalue weighted by Gasteiger charge is -2.43. The summed E-state index contributed by atoms with van der Waals surface area (Å²) in [5, 5.41) is 26.6. The van der Waals surface area contributed by atoms with Crippen LogP contribution in [0.4, 0.5) is 4.79 Å². The number of amides is 2. The standard InChI is InChI=1S/C47H53N3O7/c1-31-42(29-50(3)32(2)43(52)36-15-9-6-10-16-36)56-46(57-44(31)37-21-19-34(30-51)20-22-37)38-25-23-35(24-26-38)40-18-12-11-17-39(40)28-48-47(54)49-41(45(53)55-4)27-33-13-7-5-8-14-33/h5-26,31-32,41-44,46,51-52H,27-30H2,1-4H3,(H2,48,49,54). The van der Waals surface area contributed by atoms with E-state index in [4.69, 9.17) is 14.2 Å². The van der Waals surface area contributed by atoms with Gasteiger partial charge in [-0.25, -0.2) is 9.59 Å². The van der Waals surface area contributed by atoms with Crippen molar-refractivity contribution in [3.05, 3.63) is 167 Å². The summed E-state index contributed by atoms with van der Waals surface area (Å²) in [5.74, 6) is -0.544. The first-order valence-corrected chi connectivity index (χ1v) is 19.4. The number of benzene rings is 5. The van der Waals surface area contributed by atoms with Gasteiger partial charge in [-0.15, -0.1) is 0 Å². The van der Waals surface area contributed by atoms with Crippen molar-refractivity contribution in [2.45, 2.75) is 70.1 Å². The van der Waals surface area contributed by atoms with Crippen LogP contribution in [-0.4, -0.2) is 66.0 Å². The Hall–Kier alpha value is -5.36. The number of aliphatic hydroxyl groups excluding tert-OH is 2. The molecule has 298 valence electrons. The Balaban J connectivity index is 1.17. The molecule has 1 aliphatic rings. The van der Waals surface area contributed by atoms with Crippen molar-refractivity contribution in [3.8, 4) is 11.1 Å². The fraction of sp³-hybridized carbons (Fsp3) is 0.319. The van der Waals surface area contributed by atoms with Gasteiger partial charge < -0.3 is 35.1 Å². The summed E-state index contributed by atoms with van der Waals surface area (Å²) >= 11 is 0. The van der Waals surface area contributed by atoms with Gasteiger partial charge in [0.2, 0.25) is 0 Å². The van der Waals surface area contributed by atoms with E-state index >= 15 is 0 Å². The molecule has 1 saturated heterocycles. The highest BCUT2D eigenvalue weighted by molar-refractivity contribution is 5.84. The Morgan fingerprint density at radius 1 is 0.807 bits per heavy atom. The van der Waals surface area contributed by atoms with Crippen molar-refractivity contribution in [1.82, 2.24) is 15.5 Å². The lowest BCUT2D eigenvalue weighted by atomic mass is 9.89. The van der Waals surface area contributed by atoms with Gasteiger partial charge in [-0.05, 0) is 52.9 Å². The average molecular weight is 772 g/mol. The number of carbonyl (C=O) groups is 2. The summed E-state index contributed by atoms with van der Waals surface area (Å²) in [7, 11) is 3.32. The predicted octanol–water partition coefficient (Wildman–Crippen LogP) is 7.27. The zero-order valence-electron chi connectivity index (χ0n) is 33.0. The number of likely N-dealkylation sites (N-methyl/N-ethyl adjacent to an activating group) is 1. The van der Waals surface area contributed by atoms with Crippen LogP contribution >= 0.6 is 0 Å². The molecule has 0 saturated carbocycles. The molecular formula is C47H53N3O7. The molecule has 7 unspecified atom stereocenters. The molecule has 10 nitrogen and oxygen atoms in total. The molecule has 0 spiro atoms. The van der Waals surface area contributed by atoms with E-state index in [0.717, 1.165) is 44.5 Å². The van der Waals surface area contributed by atoms with Gasteiger partial charge in [-0.3, -0.25) is 4.90 Å². The maximum Gasteiger partial charge on any atom is 0.328 e. The van der Waals surface area contributed by atoms with Gasteiger partial charge in [0.1, 0.15) is 6.04 Å². The third-order valence-electron chi connectivity index (χ3n) is 10.9. The maximum atomic E-state index is 13.0. The number of urea groups is 1. The molecule has 6 rings (SSSR count). The van der Waals surface area contributed by atoms with Crippen LogP contribution in [0.3, 0.4) is 0 Å². The van der Waals surface area contributed by atoms with E-state index in [2.05, 4.69) is 22.5 Å². The number of methoxy groups -OCH3 is 1. The molecule has 1 heterocycles. The van der Waals surface area contributed by atoms with Crippen LogP contribution in [0.15, 0.2) is 133 Å². The SMILES string of the molecule is COC(=O)C(Cc1ccccc1)NC(=O)NCc1ccccc1-c1ccc(C2OC(CN(C)C(C)C(O)c3ccccc3)C(C)C(c3ccc(CO)cc3)O2)cc1. The molecular weight excluding hydrogens is 719 g/mol. The van der Waals surface area contributed by atoms with Crippen molar-refractivity contribution in [3.63, 3.8) is 0 Å². The smallest absolute Gasteiger partial charge is 0.328 e. The summed E-state index contributed by atoms with van der Waals surface area (Å²) in [4.78, 5) is 27.7. The Bertz CT molecular complexity index is 2030. The second-order valence-electron chi connectivity index (χ2n) is 14.7. The highest BCUT2D eigenvalue weighted by Crippen LogP contribution is 2.42. The van der Waals surface area contributed by atoms with Crippen LogP contribution in [0.5, 0.6) is 0 Å². The maximum absolute atomic E-state index is 13.0. The molecule has 5 aromatic carbocycles. The number of hydrogen-bond donors (Lipinski definition) is 4. The van der Waals surface area contributed by atoms with Crippen molar-refractivity contribution in [1.29, 1.82) is 0 Å². The quantitative estimate of drug-likeness (QED) is 0.0819. The molecule has 10 heteroatoms. The van der Waals surface area contributed by atoms with E-state index < -0.39 is 30.4 Å². The summed E-state index contributed by atoms with van der Waals surface area (Å²) in [5.41, 5.74) is 7.26. The minimum Gasteiger partial charge on any atom is -0.467 e. The first kappa shape index (κ1) is 41.3. The van der Waals surface area contributed by atoms with Crippen LogP contribution in [-0.2, 0) is 38.6 Å². The van der Waals surface area contributed by atoms with Crippen molar-refractivity contribution >= 4 is 12.0 Å². The number of ether oxygens (including phenoxy) is 3. The van der Waals surface area contributed by atoms with Gasteiger partial charge in [-0.1, -0.05) is 140 Å². The third kappa shape index (κ3) is 10.5. The number of hydrogen-bond acceptors (Lipinski definition) is 8. The molecule has 0 bridgehead atoms. The van der Waals surface area contributed by atoms with E-state index in [1.165, 1.54) is 7.11 Å². The Labute approximate surface area is 335 Å². The van der Waals surface area contributed by atoms with Crippen LogP contribution in [0.25, 0.3) is 11.1 Å². The third-order valence-corrected chi connectivity index (χ3v) is 10.9. The highest BCUT2D eigenvalue weighted by atomic mass is 16.7. The molecule has 2 amide bonds. The number of nitrogens with one attached hydrogen (secondary N) is 2. The lowest BCUT2D eigenvalue weighted by Crippen LogP contribution is -2.47. The zero-order chi connectivity index (χ0) is 40.3. The van der Waals surface area contributed by atoms with Gasteiger partial charge >= 0.3 is 12.0 Å². The van der Waals surface area contributed by atoms with Crippen molar-refractivity contribution in [2.24, 2.45) is 5.92 Å². The summed E-state index contributed by atoms with van der Waals surface area (Å²) < 4.78 is 18.4. The molecule has 4 N–H and O–H groups in total. The van der Waals surface area contributed by atoms with Crippen LogP contribution in [0.1, 0.15) is 65.7 Å². The minimum atomic E-state index is -0.837. The van der Waals surface area contributed by atoms with Crippen LogP contribution < -0.4 is 10.6 Å². The van der Waals surface area contributed by atoms with Gasteiger partial charge in [0.25, 0.3) is 0 Å². The molecule has 1 fully saturated rings. The Kier molecular flexibility index (Phi) is 14.2. The topological polar surface area (TPSA) is 130 Å². The molecule has 7 atom stereocenters. The molecule has 57 heavy (non-hydrogen) atoms. The van der Waals surface area contributed by atoms with Crippen LogP contribution in [0, 0.1) is 5.92 Å². The molecule has 0 aliphatic carbocycles. The predicted molar refractivity (Wildman–Crippen MR) is 220 cm³/mol. The molecule has 1 aliphatic heterocycles. The number of rotatable bonds is 15. The molecule has 0 radical (unpaired) electrons. The van der Waals surface area contributed by atoms with Gasteiger partial charge in [0, 0.05) is 37.0 Å². The minimum absolute atomic E-state index is 0.0261. The van der Waals surface area contributed by atoms with E-state index in [1.807, 2.05) is 147 Å². The van der Waals surface area contributed by atoms with E-state index in [0.29, 0.717) is 13.0 Å². The second-order valence-corrected chi connectivity index (χ2v) is 14.7. The number of esters is 1. The summed E-state index contributed by atoms with van der Waals surface area (Å²) in [6, 6.07) is 41.4. The zero-order valence-corrected chi connectivity index (χ0v) is 33.0. The van der Waals surface area contributed by atoms with E-state index in [-0.39, 0.29) is 37.3 Å². The first-order valence-electron chi connectivity index (χ1n) is 19.4. The normalized spacial score (nSPS) is 19.6. The molecule has 0 aromatic heterocycles. The van der Waals surface area contributed by atoms with Gasteiger partial charge in [0.15, 0.2) is 6.29 Å². The number of aliphatic hydroxyl groups is 2. The number of nitrogens with zero attached hydrogens (tertiary/aromatic N) is 1. The lowest BCUT2D eigenvalue weighted by molar-refractivity contribution is -0.276.